The van der Waals surface area contributed by atoms with Crippen LogP contribution in [0.15, 0.2) is 29.2 Å². The minimum Gasteiger partial charge on any atom is -0.548 e. The SMILES string of the molecule is CC[C@H](C(=O)[O-])N1C(=O)/C(=C/c2ccc(F)cc2)SC1=S. The highest BCUT2D eigenvalue weighted by Gasteiger charge is 2.36. The Kier molecular flexibility index (Phi) is 4.74. The first-order chi connectivity index (χ1) is 9.93. The minimum absolute atomic E-state index is 0.185. The number of carboxylic acid groups (broad SMARTS) is 1. The summed E-state index contributed by atoms with van der Waals surface area (Å²) in [5, 5.41) is 11.1. The van der Waals surface area contributed by atoms with Gasteiger partial charge < -0.3 is 9.90 Å². The highest BCUT2D eigenvalue weighted by molar-refractivity contribution is 8.26. The molecular formula is C14H11FNO3S2-. The van der Waals surface area contributed by atoms with Crippen molar-refractivity contribution in [3.8, 4) is 0 Å². The first-order valence-corrected chi connectivity index (χ1v) is 7.40. The molecule has 1 heterocycles. The highest BCUT2D eigenvalue weighted by Crippen LogP contribution is 2.34. The van der Waals surface area contributed by atoms with Crippen molar-refractivity contribution >= 4 is 46.3 Å². The molecule has 1 fully saturated rings. The van der Waals surface area contributed by atoms with E-state index in [4.69, 9.17) is 12.2 Å². The fourth-order valence-corrected chi connectivity index (χ4v) is 3.27. The predicted molar refractivity (Wildman–Crippen MR) is 80.5 cm³/mol. The van der Waals surface area contributed by atoms with E-state index >= 15 is 0 Å². The third kappa shape index (κ3) is 3.30. The second-order valence-corrected chi connectivity index (χ2v) is 6.02. The van der Waals surface area contributed by atoms with Gasteiger partial charge in [-0.2, -0.15) is 0 Å². The fraction of sp³-hybridized carbons (Fsp3) is 0.214. The summed E-state index contributed by atoms with van der Waals surface area (Å²) in [5.74, 6) is -2.18. The van der Waals surface area contributed by atoms with E-state index in [1.165, 1.54) is 24.3 Å². The summed E-state index contributed by atoms with van der Waals surface area (Å²) in [6, 6.07) is 4.54. The van der Waals surface area contributed by atoms with E-state index in [0.29, 0.717) is 10.5 Å². The molecule has 0 aliphatic carbocycles. The highest BCUT2D eigenvalue weighted by atomic mass is 32.2. The average Bonchev–Trinajstić information content (AvgIpc) is 2.70. The molecule has 1 aromatic rings. The van der Waals surface area contributed by atoms with Gasteiger partial charge in [0.15, 0.2) is 0 Å². The molecule has 0 N–H and O–H groups in total. The summed E-state index contributed by atoms with van der Waals surface area (Å²) in [5.41, 5.74) is 0.637. The molecule has 0 radical (unpaired) electrons. The van der Waals surface area contributed by atoms with Gasteiger partial charge in [-0.15, -0.1) is 0 Å². The van der Waals surface area contributed by atoms with Crippen LogP contribution in [0.25, 0.3) is 6.08 Å². The number of aliphatic carboxylic acids is 1. The van der Waals surface area contributed by atoms with Gasteiger partial charge in [0.2, 0.25) is 0 Å². The maximum atomic E-state index is 12.8. The quantitative estimate of drug-likeness (QED) is 0.621. The molecule has 1 amide bonds. The number of benzene rings is 1. The number of rotatable bonds is 4. The van der Waals surface area contributed by atoms with Gasteiger partial charge in [0.05, 0.1) is 16.9 Å². The van der Waals surface area contributed by atoms with Crippen LogP contribution in [-0.4, -0.2) is 27.1 Å². The zero-order valence-electron chi connectivity index (χ0n) is 11.0. The molecule has 0 spiro atoms. The number of halogens is 1. The molecule has 0 aromatic heterocycles. The summed E-state index contributed by atoms with van der Waals surface area (Å²) in [6.45, 7) is 1.64. The second kappa shape index (κ2) is 6.36. The molecule has 1 aliphatic rings. The molecule has 1 atom stereocenters. The Hall–Kier alpha value is -1.73. The maximum absolute atomic E-state index is 12.8. The zero-order chi connectivity index (χ0) is 15.6. The van der Waals surface area contributed by atoms with Crippen molar-refractivity contribution in [2.75, 3.05) is 0 Å². The van der Waals surface area contributed by atoms with Crippen LogP contribution in [0, 0.1) is 5.82 Å². The number of hydrogen-bond acceptors (Lipinski definition) is 5. The largest absolute Gasteiger partial charge is 0.548 e. The average molecular weight is 324 g/mol. The van der Waals surface area contributed by atoms with Gasteiger partial charge in [-0.25, -0.2) is 4.39 Å². The Morgan fingerprint density at radius 2 is 2.10 bits per heavy atom. The Labute approximate surface area is 130 Å². The lowest BCUT2D eigenvalue weighted by molar-refractivity contribution is -0.310. The molecule has 0 saturated carbocycles. The van der Waals surface area contributed by atoms with E-state index in [9.17, 15) is 19.1 Å². The van der Waals surface area contributed by atoms with Crippen molar-refractivity contribution in [3.63, 3.8) is 0 Å². The lowest BCUT2D eigenvalue weighted by atomic mass is 10.2. The summed E-state index contributed by atoms with van der Waals surface area (Å²) in [6.07, 6.45) is 1.76. The molecule has 0 unspecified atom stereocenters. The molecule has 1 aromatic carbocycles. The van der Waals surface area contributed by atoms with Gasteiger partial charge in [0, 0.05) is 0 Å². The van der Waals surface area contributed by atoms with Crippen LogP contribution in [-0.2, 0) is 9.59 Å². The molecule has 7 heteroatoms. The minimum atomic E-state index is -1.34. The molecule has 2 rings (SSSR count). The molecule has 1 saturated heterocycles. The number of carbonyl (C=O) groups is 2. The van der Waals surface area contributed by atoms with Crippen LogP contribution < -0.4 is 5.11 Å². The Morgan fingerprint density at radius 3 is 2.62 bits per heavy atom. The summed E-state index contributed by atoms with van der Waals surface area (Å²) in [4.78, 5) is 24.7. The van der Waals surface area contributed by atoms with Crippen LogP contribution in [0.2, 0.25) is 0 Å². The van der Waals surface area contributed by atoms with Gasteiger partial charge in [-0.3, -0.25) is 9.69 Å². The second-order valence-electron chi connectivity index (χ2n) is 4.35. The predicted octanol–water partition coefficient (Wildman–Crippen LogP) is 1.56. The first-order valence-electron chi connectivity index (χ1n) is 6.17. The standard InChI is InChI=1S/C14H12FNO3S2/c1-2-10(13(18)19)16-12(17)11(21-14(16)20)7-8-3-5-9(15)6-4-8/h3-7,10H,2H2,1H3,(H,18,19)/p-1/b11-7-/t10-/m1/s1. The lowest BCUT2D eigenvalue weighted by Crippen LogP contribution is -2.49. The number of amides is 1. The maximum Gasteiger partial charge on any atom is 0.266 e. The summed E-state index contributed by atoms with van der Waals surface area (Å²) < 4.78 is 13.0. The van der Waals surface area contributed by atoms with Crippen molar-refractivity contribution in [1.29, 1.82) is 0 Å². The van der Waals surface area contributed by atoms with Crippen molar-refractivity contribution in [2.45, 2.75) is 19.4 Å². The van der Waals surface area contributed by atoms with Crippen molar-refractivity contribution in [1.82, 2.24) is 4.90 Å². The molecule has 110 valence electrons. The molecule has 1 aliphatic heterocycles. The smallest absolute Gasteiger partial charge is 0.266 e. The summed E-state index contributed by atoms with van der Waals surface area (Å²) >= 11 is 6.10. The van der Waals surface area contributed by atoms with Crippen LogP contribution in [0.5, 0.6) is 0 Å². The molecule has 0 bridgehead atoms. The van der Waals surface area contributed by atoms with Gasteiger partial charge in [0.1, 0.15) is 10.1 Å². The van der Waals surface area contributed by atoms with Crippen LogP contribution in [0.4, 0.5) is 4.39 Å². The summed E-state index contributed by atoms with van der Waals surface area (Å²) in [7, 11) is 0. The molecular weight excluding hydrogens is 313 g/mol. The molecule has 4 nitrogen and oxygen atoms in total. The van der Waals surface area contributed by atoms with Gasteiger partial charge in [-0.05, 0) is 30.2 Å². The number of nitrogens with zero attached hydrogens (tertiary/aromatic N) is 1. The Bertz CT molecular complexity index is 628. The molecule has 21 heavy (non-hydrogen) atoms. The van der Waals surface area contributed by atoms with E-state index in [0.717, 1.165) is 16.7 Å². The van der Waals surface area contributed by atoms with E-state index < -0.39 is 17.9 Å². The van der Waals surface area contributed by atoms with Crippen molar-refractivity contribution in [2.24, 2.45) is 0 Å². The van der Waals surface area contributed by atoms with Gasteiger partial charge >= 0.3 is 0 Å². The third-order valence-corrected chi connectivity index (χ3v) is 4.29. The number of hydrogen-bond donors (Lipinski definition) is 0. The zero-order valence-corrected chi connectivity index (χ0v) is 12.7. The first kappa shape index (κ1) is 15.7. The van der Waals surface area contributed by atoms with Crippen LogP contribution in [0.1, 0.15) is 18.9 Å². The van der Waals surface area contributed by atoms with E-state index in [1.54, 1.807) is 13.0 Å². The number of thioether (sulfide) groups is 1. The van der Waals surface area contributed by atoms with Crippen LogP contribution in [0.3, 0.4) is 0 Å². The van der Waals surface area contributed by atoms with E-state index in [1.807, 2.05) is 0 Å². The fourth-order valence-electron chi connectivity index (χ4n) is 1.91. The van der Waals surface area contributed by atoms with Crippen molar-refractivity contribution < 1.29 is 19.1 Å². The Balaban J connectivity index is 2.29. The van der Waals surface area contributed by atoms with Gasteiger partial charge in [-0.1, -0.05) is 43.0 Å². The monoisotopic (exact) mass is 324 g/mol. The number of thiocarbonyl (C=S) groups is 1. The normalized spacial score (nSPS) is 18.4. The topological polar surface area (TPSA) is 60.4 Å². The van der Waals surface area contributed by atoms with E-state index in [2.05, 4.69) is 0 Å². The third-order valence-electron chi connectivity index (χ3n) is 2.96. The van der Waals surface area contributed by atoms with Gasteiger partial charge in [0.25, 0.3) is 5.91 Å². The Morgan fingerprint density at radius 1 is 1.48 bits per heavy atom. The lowest BCUT2D eigenvalue weighted by Gasteiger charge is -2.26. The number of carbonyl (C=O) groups excluding carboxylic acids is 2. The van der Waals surface area contributed by atoms with Crippen molar-refractivity contribution in [3.05, 3.63) is 40.6 Å². The van der Waals surface area contributed by atoms with E-state index in [-0.39, 0.29) is 16.6 Å². The van der Waals surface area contributed by atoms with Crippen LogP contribution >= 0.6 is 24.0 Å². The number of carboxylic acids is 1.